The maximum absolute atomic E-state index is 11.5. The Morgan fingerprint density at radius 1 is 1.17 bits per heavy atom. The van der Waals surface area contributed by atoms with Crippen molar-refractivity contribution >= 4 is 5.91 Å². The zero-order valence-electron chi connectivity index (χ0n) is 7.18. The van der Waals surface area contributed by atoms with E-state index in [2.05, 4.69) is 5.32 Å². The fraction of sp³-hybridized carbons (Fsp3) is 0.800. The van der Waals surface area contributed by atoms with E-state index in [1.165, 1.54) is 19.3 Å². The maximum Gasteiger partial charge on any atom is 0.223 e. The minimum absolute atomic E-state index is 0.331. The molecule has 3 atom stereocenters. The fourth-order valence-electron chi connectivity index (χ4n) is 3.22. The molecule has 2 heterocycles. The standard InChI is InChI=1S/C10H14NO/c12-10-8-2-6-1-7(3-8)5-9(4-6)11-10/h6,8-9H,1-5H2,(H,11,12). The molecule has 2 aliphatic carbocycles. The number of hydrogen-bond donors (Lipinski definition) is 1. The summed E-state index contributed by atoms with van der Waals surface area (Å²) in [7, 11) is 0. The number of carbonyl (C=O) groups excluding carboxylic acids is 1. The molecule has 4 aliphatic rings. The molecule has 0 aromatic heterocycles. The van der Waals surface area contributed by atoms with Gasteiger partial charge in [0, 0.05) is 12.0 Å². The minimum Gasteiger partial charge on any atom is -0.353 e. The van der Waals surface area contributed by atoms with Crippen molar-refractivity contribution in [1.82, 2.24) is 5.32 Å². The van der Waals surface area contributed by atoms with Crippen LogP contribution in [0.5, 0.6) is 0 Å². The van der Waals surface area contributed by atoms with Crippen LogP contribution in [0.3, 0.4) is 0 Å². The summed E-state index contributed by atoms with van der Waals surface area (Å²) in [5.41, 5.74) is 0. The number of amides is 1. The van der Waals surface area contributed by atoms with Crippen LogP contribution in [0.2, 0.25) is 0 Å². The molecule has 0 spiro atoms. The van der Waals surface area contributed by atoms with Gasteiger partial charge in [-0.2, -0.15) is 0 Å². The van der Waals surface area contributed by atoms with Crippen LogP contribution in [-0.2, 0) is 4.79 Å². The summed E-state index contributed by atoms with van der Waals surface area (Å²) >= 11 is 0. The van der Waals surface area contributed by atoms with Crippen LogP contribution in [0, 0.1) is 17.8 Å². The van der Waals surface area contributed by atoms with Crippen molar-refractivity contribution in [2.75, 3.05) is 0 Å². The average Bonchev–Trinajstić information content (AvgIpc) is 2.16. The second-order valence-corrected chi connectivity index (χ2v) is 4.60. The summed E-state index contributed by atoms with van der Waals surface area (Å²) in [6.45, 7) is 0. The summed E-state index contributed by atoms with van der Waals surface area (Å²) < 4.78 is 0. The monoisotopic (exact) mass is 164 g/mol. The lowest BCUT2D eigenvalue weighted by atomic mass is 9.68. The van der Waals surface area contributed by atoms with Gasteiger partial charge in [0.05, 0.1) is 0 Å². The average molecular weight is 164 g/mol. The molecular formula is C10H14NO. The second kappa shape index (κ2) is 2.24. The van der Waals surface area contributed by atoms with E-state index in [-0.39, 0.29) is 0 Å². The molecule has 1 amide bonds. The zero-order chi connectivity index (χ0) is 8.13. The molecule has 12 heavy (non-hydrogen) atoms. The molecule has 2 saturated heterocycles. The first kappa shape index (κ1) is 6.93. The van der Waals surface area contributed by atoms with E-state index in [4.69, 9.17) is 0 Å². The van der Waals surface area contributed by atoms with Crippen LogP contribution >= 0.6 is 0 Å². The lowest BCUT2D eigenvalue weighted by Crippen LogP contribution is -2.35. The molecule has 3 unspecified atom stereocenters. The van der Waals surface area contributed by atoms with Crippen LogP contribution in [0.25, 0.3) is 0 Å². The summed E-state index contributed by atoms with van der Waals surface area (Å²) in [5, 5.41) is 3.14. The molecule has 2 aliphatic heterocycles. The number of fused-ring (bicyclic) bond motifs is 1. The van der Waals surface area contributed by atoms with Crippen molar-refractivity contribution in [2.45, 2.75) is 38.1 Å². The van der Waals surface area contributed by atoms with Crippen LogP contribution in [0.15, 0.2) is 0 Å². The molecule has 1 radical (unpaired) electrons. The van der Waals surface area contributed by atoms with Crippen LogP contribution < -0.4 is 5.32 Å². The Morgan fingerprint density at radius 3 is 2.92 bits per heavy atom. The molecule has 2 nitrogen and oxygen atoms in total. The highest BCUT2D eigenvalue weighted by Crippen LogP contribution is 2.46. The summed E-state index contributed by atoms with van der Waals surface area (Å²) in [5.74, 6) is 3.16. The van der Waals surface area contributed by atoms with Gasteiger partial charge in [0.1, 0.15) is 0 Å². The highest BCUT2D eigenvalue weighted by atomic mass is 16.2. The van der Waals surface area contributed by atoms with Gasteiger partial charge in [-0.05, 0) is 43.9 Å². The second-order valence-electron chi connectivity index (χ2n) is 4.60. The maximum atomic E-state index is 11.5. The van der Waals surface area contributed by atoms with Crippen molar-refractivity contribution in [2.24, 2.45) is 11.8 Å². The van der Waals surface area contributed by atoms with E-state index in [1.807, 2.05) is 0 Å². The van der Waals surface area contributed by atoms with Crippen molar-refractivity contribution in [3.63, 3.8) is 0 Å². The van der Waals surface area contributed by atoms with Crippen LogP contribution in [0.1, 0.15) is 32.1 Å². The predicted molar refractivity (Wildman–Crippen MR) is 45.2 cm³/mol. The molecule has 2 saturated carbocycles. The Labute approximate surface area is 72.7 Å². The van der Waals surface area contributed by atoms with E-state index >= 15 is 0 Å². The van der Waals surface area contributed by atoms with Gasteiger partial charge >= 0.3 is 0 Å². The van der Waals surface area contributed by atoms with Crippen LogP contribution in [0.4, 0.5) is 0 Å². The molecule has 0 aromatic rings. The van der Waals surface area contributed by atoms with E-state index in [0.29, 0.717) is 17.9 Å². The van der Waals surface area contributed by atoms with Gasteiger partial charge in [0.15, 0.2) is 0 Å². The van der Waals surface area contributed by atoms with Crippen molar-refractivity contribution in [1.29, 1.82) is 0 Å². The largest absolute Gasteiger partial charge is 0.353 e. The van der Waals surface area contributed by atoms with E-state index in [1.54, 1.807) is 5.92 Å². The van der Waals surface area contributed by atoms with Gasteiger partial charge in [0.2, 0.25) is 5.91 Å². The molecular weight excluding hydrogens is 150 g/mol. The van der Waals surface area contributed by atoms with Gasteiger partial charge in [-0.25, -0.2) is 0 Å². The van der Waals surface area contributed by atoms with E-state index in [9.17, 15) is 4.79 Å². The smallest absolute Gasteiger partial charge is 0.223 e. The van der Waals surface area contributed by atoms with Gasteiger partial charge in [-0.3, -0.25) is 4.79 Å². The number of rotatable bonds is 0. The first-order valence-electron chi connectivity index (χ1n) is 4.95. The molecule has 2 heteroatoms. The normalized spacial score (nSPS) is 46.0. The number of hydrogen-bond acceptors (Lipinski definition) is 1. The lowest BCUT2D eigenvalue weighted by molar-refractivity contribution is -0.125. The topological polar surface area (TPSA) is 29.1 Å². The molecule has 1 N–H and O–H groups in total. The molecule has 4 bridgehead atoms. The van der Waals surface area contributed by atoms with Crippen molar-refractivity contribution in [3.8, 4) is 0 Å². The third-order valence-corrected chi connectivity index (χ3v) is 3.60. The summed E-state index contributed by atoms with van der Waals surface area (Å²) in [6, 6.07) is 0.499. The van der Waals surface area contributed by atoms with E-state index in [0.717, 1.165) is 18.8 Å². The molecule has 4 fully saturated rings. The molecule has 65 valence electrons. The SMILES string of the molecule is O=C1NC2C[C]3CC(C2)CC1C3. The highest BCUT2D eigenvalue weighted by molar-refractivity contribution is 5.80. The Bertz CT molecular complexity index is 212. The minimum atomic E-state index is 0.331. The van der Waals surface area contributed by atoms with Gasteiger partial charge in [-0.1, -0.05) is 0 Å². The number of carbonyl (C=O) groups is 1. The van der Waals surface area contributed by atoms with Gasteiger partial charge in [-0.15, -0.1) is 0 Å². The predicted octanol–water partition coefficient (Wildman–Crippen LogP) is 1.27. The quantitative estimate of drug-likeness (QED) is 0.574. The Hall–Kier alpha value is -0.530. The zero-order valence-corrected chi connectivity index (χ0v) is 7.18. The van der Waals surface area contributed by atoms with Gasteiger partial charge < -0.3 is 5.32 Å². The third-order valence-electron chi connectivity index (χ3n) is 3.60. The van der Waals surface area contributed by atoms with Crippen molar-refractivity contribution < 1.29 is 4.79 Å². The Balaban J connectivity index is 1.95. The summed E-state index contributed by atoms with van der Waals surface area (Å²) in [6.07, 6.45) is 6.00. The third kappa shape index (κ3) is 0.900. The summed E-state index contributed by atoms with van der Waals surface area (Å²) in [4.78, 5) is 11.5. The Morgan fingerprint density at radius 2 is 2.08 bits per heavy atom. The molecule has 4 rings (SSSR count). The fourth-order valence-corrected chi connectivity index (χ4v) is 3.22. The Kier molecular flexibility index (Phi) is 1.29. The highest BCUT2D eigenvalue weighted by Gasteiger charge is 2.42. The first-order valence-corrected chi connectivity index (χ1v) is 4.95. The van der Waals surface area contributed by atoms with Gasteiger partial charge in [0.25, 0.3) is 0 Å². The molecule has 0 aromatic carbocycles. The first-order chi connectivity index (χ1) is 5.81. The van der Waals surface area contributed by atoms with Crippen LogP contribution in [-0.4, -0.2) is 11.9 Å². The number of nitrogens with one attached hydrogen (secondary N) is 1. The van der Waals surface area contributed by atoms with E-state index < -0.39 is 0 Å². The van der Waals surface area contributed by atoms with Crippen molar-refractivity contribution in [3.05, 3.63) is 5.92 Å². The lowest BCUT2D eigenvalue weighted by Gasteiger charge is -2.36.